The molecule has 5 heteroatoms. The second kappa shape index (κ2) is 10.1. The standard InChI is InChI=1S/C23H22ClNO2S/c1-2-26-22-14-19(23(28)25-15-17-8-11-20(24)12-9-17)10-13-21(22)27-16-18-6-4-3-5-7-18/h3-14H,2,15-16H2,1H3,(H,25,28). The molecule has 0 unspecified atom stereocenters. The van der Waals surface area contributed by atoms with Gasteiger partial charge in [0.05, 0.1) is 6.61 Å². The van der Waals surface area contributed by atoms with E-state index in [2.05, 4.69) is 5.32 Å². The van der Waals surface area contributed by atoms with Crippen LogP contribution >= 0.6 is 23.8 Å². The predicted octanol–water partition coefficient (Wildman–Crippen LogP) is 5.78. The third-order valence-electron chi connectivity index (χ3n) is 4.11. The van der Waals surface area contributed by atoms with Gasteiger partial charge in [-0.2, -0.15) is 0 Å². The summed E-state index contributed by atoms with van der Waals surface area (Å²) < 4.78 is 11.7. The van der Waals surface area contributed by atoms with Gasteiger partial charge in [0.25, 0.3) is 0 Å². The second-order valence-corrected chi connectivity index (χ2v) is 7.02. The largest absolute Gasteiger partial charge is 0.490 e. The first-order chi connectivity index (χ1) is 13.7. The average molecular weight is 412 g/mol. The molecule has 0 fully saturated rings. The van der Waals surface area contributed by atoms with Crippen LogP contribution in [0.3, 0.4) is 0 Å². The molecule has 1 N–H and O–H groups in total. The zero-order chi connectivity index (χ0) is 19.8. The third-order valence-corrected chi connectivity index (χ3v) is 4.74. The number of hydrogen-bond donors (Lipinski definition) is 1. The quantitative estimate of drug-likeness (QED) is 0.476. The number of halogens is 1. The van der Waals surface area contributed by atoms with Crippen LogP contribution in [-0.4, -0.2) is 11.6 Å². The van der Waals surface area contributed by atoms with Gasteiger partial charge in [-0.3, -0.25) is 0 Å². The molecular weight excluding hydrogens is 390 g/mol. The molecule has 0 bridgehead atoms. The van der Waals surface area contributed by atoms with Crippen molar-refractivity contribution in [3.63, 3.8) is 0 Å². The van der Waals surface area contributed by atoms with Crippen LogP contribution in [0.2, 0.25) is 5.02 Å². The van der Waals surface area contributed by atoms with Crippen molar-refractivity contribution in [1.29, 1.82) is 0 Å². The Kier molecular flexibility index (Phi) is 7.29. The van der Waals surface area contributed by atoms with Gasteiger partial charge in [-0.05, 0) is 48.4 Å². The minimum atomic E-state index is 0.486. The van der Waals surface area contributed by atoms with Gasteiger partial charge in [0.1, 0.15) is 11.6 Å². The molecule has 3 aromatic carbocycles. The number of ether oxygens (including phenoxy) is 2. The molecule has 3 rings (SSSR count). The van der Waals surface area contributed by atoms with E-state index in [1.165, 1.54) is 0 Å². The van der Waals surface area contributed by atoms with Crippen LogP contribution in [0.4, 0.5) is 0 Å². The lowest BCUT2D eigenvalue weighted by Crippen LogP contribution is -2.21. The Hall–Kier alpha value is -2.56. The minimum Gasteiger partial charge on any atom is -0.490 e. The van der Waals surface area contributed by atoms with Gasteiger partial charge in [-0.15, -0.1) is 0 Å². The summed E-state index contributed by atoms with van der Waals surface area (Å²) in [6, 6.07) is 23.5. The Bertz CT molecular complexity index is 914. The zero-order valence-corrected chi connectivity index (χ0v) is 17.2. The summed E-state index contributed by atoms with van der Waals surface area (Å²) in [5.74, 6) is 1.39. The van der Waals surface area contributed by atoms with Crippen LogP contribution in [0, 0.1) is 0 Å². The maximum Gasteiger partial charge on any atom is 0.161 e. The van der Waals surface area contributed by atoms with E-state index in [0.29, 0.717) is 36.2 Å². The maximum atomic E-state index is 5.95. The van der Waals surface area contributed by atoms with E-state index in [1.807, 2.05) is 79.7 Å². The second-order valence-electron chi connectivity index (χ2n) is 6.18. The van der Waals surface area contributed by atoms with E-state index >= 15 is 0 Å². The van der Waals surface area contributed by atoms with Crippen LogP contribution in [-0.2, 0) is 13.2 Å². The lowest BCUT2D eigenvalue weighted by atomic mass is 10.1. The fraction of sp³-hybridized carbons (Fsp3) is 0.174. The molecule has 0 spiro atoms. The van der Waals surface area contributed by atoms with Crippen LogP contribution < -0.4 is 14.8 Å². The normalized spacial score (nSPS) is 10.4. The Morgan fingerprint density at radius 1 is 0.893 bits per heavy atom. The molecule has 144 valence electrons. The molecule has 28 heavy (non-hydrogen) atoms. The van der Waals surface area contributed by atoms with E-state index in [-0.39, 0.29) is 0 Å². The summed E-state index contributed by atoms with van der Waals surface area (Å²) >= 11 is 11.5. The van der Waals surface area contributed by atoms with Gasteiger partial charge in [0.15, 0.2) is 11.5 Å². The molecule has 0 saturated heterocycles. The molecule has 0 aliphatic rings. The first kappa shape index (κ1) is 20.2. The van der Waals surface area contributed by atoms with Crippen molar-refractivity contribution in [3.05, 3.63) is 94.5 Å². The molecule has 0 saturated carbocycles. The monoisotopic (exact) mass is 411 g/mol. The number of benzene rings is 3. The van der Waals surface area contributed by atoms with Gasteiger partial charge in [-0.25, -0.2) is 0 Å². The molecule has 0 heterocycles. The molecule has 0 aliphatic heterocycles. The fourth-order valence-corrected chi connectivity index (χ4v) is 2.98. The van der Waals surface area contributed by atoms with Gasteiger partial charge in [0, 0.05) is 17.1 Å². The maximum absolute atomic E-state index is 5.95. The van der Waals surface area contributed by atoms with Crippen molar-refractivity contribution < 1.29 is 9.47 Å². The van der Waals surface area contributed by atoms with Crippen LogP contribution in [0.5, 0.6) is 11.5 Å². The Morgan fingerprint density at radius 3 is 2.36 bits per heavy atom. The molecule has 0 radical (unpaired) electrons. The zero-order valence-electron chi connectivity index (χ0n) is 15.7. The lowest BCUT2D eigenvalue weighted by molar-refractivity contribution is 0.269. The van der Waals surface area contributed by atoms with Crippen LogP contribution in [0.25, 0.3) is 0 Å². The van der Waals surface area contributed by atoms with Crippen molar-refractivity contribution in [1.82, 2.24) is 5.32 Å². The first-order valence-electron chi connectivity index (χ1n) is 9.12. The fourth-order valence-electron chi connectivity index (χ4n) is 2.66. The highest BCUT2D eigenvalue weighted by molar-refractivity contribution is 7.80. The van der Waals surface area contributed by atoms with E-state index in [1.54, 1.807) is 0 Å². The van der Waals surface area contributed by atoms with Crippen molar-refractivity contribution in [2.24, 2.45) is 0 Å². The highest BCUT2D eigenvalue weighted by Gasteiger charge is 2.10. The van der Waals surface area contributed by atoms with E-state index in [0.717, 1.165) is 21.7 Å². The highest BCUT2D eigenvalue weighted by atomic mass is 35.5. The van der Waals surface area contributed by atoms with Gasteiger partial charge in [0.2, 0.25) is 0 Å². The SMILES string of the molecule is CCOc1cc(C(=S)NCc2ccc(Cl)cc2)ccc1OCc1ccccc1. The number of nitrogens with one attached hydrogen (secondary N) is 1. The van der Waals surface area contributed by atoms with E-state index in [9.17, 15) is 0 Å². The molecule has 0 atom stereocenters. The smallest absolute Gasteiger partial charge is 0.161 e. The third kappa shape index (κ3) is 5.72. The van der Waals surface area contributed by atoms with Gasteiger partial charge in [-0.1, -0.05) is 66.3 Å². The van der Waals surface area contributed by atoms with Crippen molar-refractivity contribution in [2.75, 3.05) is 6.61 Å². The summed E-state index contributed by atoms with van der Waals surface area (Å²) in [7, 11) is 0. The molecule has 3 aromatic rings. The molecule has 0 amide bonds. The van der Waals surface area contributed by atoms with Crippen molar-refractivity contribution in [2.45, 2.75) is 20.1 Å². The predicted molar refractivity (Wildman–Crippen MR) is 118 cm³/mol. The first-order valence-corrected chi connectivity index (χ1v) is 9.90. The van der Waals surface area contributed by atoms with Gasteiger partial charge < -0.3 is 14.8 Å². The van der Waals surface area contributed by atoms with Gasteiger partial charge >= 0.3 is 0 Å². The average Bonchev–Trinajstić information content (AvgIpc) is 2.73. The van der Waals surface area contributed by atoms with E-state index in [4.69, 9.17) is 33.3 Å². The summed E-state index contributed by atoms with van der Waals surface area (Å²) in [5.41, 5.74) is 3.10. The molecular formula is C23H22ClNO2S. The number of hydrogen-bond acceptors (Lipinski definition) is 3. The van der Waals surface area contributed by atoms with Crippen LogP contribution in [0.15, 0.2) is 72.8 Å². The number of thiocarbonyl (C=S) groups is 1. The summed E-state index contributed by atoms with van der Waals surface area (Å²) in [5, 5.41) is 3.99. The van der Waals surface area contributed by atoms with Crippen molar-refractivity contribution in [3.8, 4) is 11.5 Å². The van der Waals surface area contributed by atoms with Crippen molar-refractivity contribution >= 4 is 28.8 Å². The summed E-state index contributed by atoms with van der Waals surface area (Å²) in [6.45, 7) is 3.62. The lowest BCUT2D eigenvalue weighted by Gasteiger charge is -2.15. The summed E-state index contributed by atoms with van der Waals surface area (Å²) in [4.78, 5) is 0.658. The topological polar surface area (TPSA) is 30.5 Å². The Labute approximate surface area is 176 Å². The highest BCUT2D eigenvalue weighted by Crippen LogP contribution is 2.29. The Morgan fingerprint density at radius 2 is 1.64 bits per heavy atom. The van der Waals surface area contributed by atoms with E-state index < -0.39 is 0 Å². The molecule has 0 aliphatic carbocycles. The molecule has 3 nitrogen and oxygen atoms in total. The minimum absolute atomic E-state index is 0.486. The Balaban J connectivity index is 1.66. The summed E-state index contributed by atoms with van der Waals surface area (Å²) in [6.07, 6.45) is 0. The van der Waals surface area contributed by atoms with Crippen LogP contribution in [0.1, 0.15) is 23.6 Å². The molecule has 0 aromatic heterocycles. The number of rotatable bonds is 8.